The molecule has 1 atom stereocenters. The van der Waals surface area contributed by atoms with Crippen molar-refractivity contribution in [2.75, 3.05) is 25.1 Å². The zero-order valence-corrected chi connectivity index (χ0v) is 12.7. The van der Waals surface area contributed by atoms with Crippen LogP contribution in [0.2, 0.25) is 0 Å². The van der Waals surface area contributed by atoms with Crippen LogP contribution in [0.15, 0.2) is 24.3 Å². The Morgan fingerprint density at radius 1 is 1.40 bits per heavy atom. The summed E-state index contributed by atoms with van der Waals surface area (Å²) in [6.07, 6.45) is 4.56. The maximum atomic E-state index is 11.2. The second-order valence-electron chi connectivity index (χ2n) is 5.49. The van der Waals surface area contributed by atoms with E-state index in [1.807, 2.05) is 18.2 Å². The molecule has 0 aromatic heterocycles. The molecule has 1 unspecified atom stereocenters. The average molecular weight is 297 g/mol. The molecule has 0 radical (unpaired) electrons. The van der Waals surface area contributed by atoms with Gasteiger partial charge in [0.1, 0.15) is 0 Å². The molecule has 3 N–H and O–H groups in total. The lowest BCUT2D eigenvalue weighted by molar-refractivity contribution is 0.142. The van der Waals surface area contributed by atoms with Crippen molar-refractivity contribution in [1.29, 1.82) is 0 Å². The van der Waals surface area contributed by atoms with Crippen LogP contribution in [0.3, 0.4) is 0 Å². The fourth-order valence-corrected chi connectivity index (χ4v) is 3.17. The molecule has 1 heterocycles. The van der Waals surface area contributed by atoms with E-state index in [0.717, 1.165) is 38.0 Å². The van der Waals surface area contributed by atoms with E-state index in [2.05, 4.69) is 15.7 Å². The molecule has 0 spiro atoms. The van der Waals surface area contributed by atoms with Crippen molar-refractivity contribution < 1.29 is 8.42 Å². The van der Waals surface area contributed by atoms with E-state index in [-0.39, 0.29) is 6.04 Å². The molecule has 20 heavy (non-hydrogen) atoms. The highest BCUT2D eigenvalue weighted by Crippen LogP contribution is 2.20. The van der Waals surface area contributed by atoms with Gasteiger partial charge in [-0.05, 0) is 37.1 Å². The number of hydrogen-bond acceptors (Lipinski definition) is 4. The topological polar surface area (TPSA) is 75.4 Å². The summed E-state index contributed by atoms with van der Waals surface area (Å²) in [5.41, 5.74) is 7.75. The summed E-state index contributed by atoms with van der Waals surface area (Å²) >= 11 is 0. The second kappa shape index (κ2) is 6.56. The zero-order chi connectivity index (χ0) is 14.6. The molecule has 0 aliphatic carbocycles. The van der Waals surface area contributed by atoms with E-state index in [1.165, 1.54) is 11.8 Å². The Kier molecular flexibility index (Phi) is 5.01. The van der Waals surface area contributed by atoms with Crippen LogP contribution in [0.5, 0.6) is 0 Å². The van der Waals surface area contributed by atoms with Gasteiger partial charge >= 0.3 is 0 Å². The van der Waals surface area contributed by atoms with Crippen molar-refractivity contribution in [2.24, 2.45) is 0 Å². The summed E-state index contributed by atoms with van der Waals surface area (Å²) in [4.78, 5) is 2.34. The lowest BCUT2D eigenvalue weighted by atomic mass is 10.0. The molecule has 2 rings (SSSR count). The zero-order valence-electron chi connectivity index (χ0n) is 11.9. The van der Waals surface area contributed by atoms with Crippen LogP contribution in [-0.2, 0) is 16.6 Å². The SMILES string of the molecule is CS(=O)(=O)NCC1CCCCN1Cc1cccc(N)c1. The van der Waals surface area contributed by atoms with Gasteiger partial charge in [-0.15, -0.1) is 0 Å². The minimum absolute atomic E-state index is 0.264. The van der Waals surface area contributed by atoms with Gasteiger partial charge in [0.2, 0.25) is 10.0 Å². The maximum Gasteiger partial charge on any atom is 0.208 e. The molecule has 0 bridgehead atoms. The molecule has 5 nitrogen and oxygen atoms in total. The molecular weight excluding hydrogens is 274 g/mol. The van der Waals surface area contributed by atoms with Gasteiger partial charge in [0.25, 0.3) is 0 Å². The summed E-state index contributed by atoms with van der Waals surface area (Å²) < 4.78 is 25.1. The van der Waals surface area contributed by atoms with Gasteiger partial charge in [-0.2, -0.15) is 0 Å². The van der Waals surface area contributed by atoms with Crippen LogP contribution in [0, 0.1) is 0 Å². The van der Waals surface area contributed by atoms with Crippen LogP contribution < -0.4 is 10.5 Å². The number of nitrogens with one attached hydrogen (secondary N) is 1. The molecule has 0 amide bonds. The van der Waals surface area contributed by atoms with Gasteiger partial charge < -0.3 is 5.73 Å². The predicted octanol–water partition coefficient (Wildman–Crippen LogP) is 1.17. The van der Waals surface area contributed by atoms with Crippen LogP contribution in [0.4, 0.5) is 5.69 Å². The third-order valence-electron chi connectivity index (χ3n) is 3.67. The smallest absolute Gasteiger partial charge is 0.208 e. The van der Waals surface area contributed by atoms with Gasteiger partial charge in [0.15, 0.2) is 0 Å². The maximum absolute atomic E-state index is 11.2. The van der Waals surface area contributed by atoms with Gasteiger partial charge in [-0.1, -0.05) is 18.6 Å². The molecule has 1 fully saturated rings. The van der Waals surface area contributed by atoms with E-state index >= 15 is 0 Å². The highest BCUT2D eigenvalue weighted by Gasteiger charge is 2.23. The second-order valence-corrected chi connectivity index (χ2v) is 7.32. The highest BCUT2D eigenvalue weighted by molar-refractivity contribution is 7.88. The minimum Gasteiger partial charge on any atom is -0.399 e. The van der Waals surface area contributed by atoms with Gasteiger partial charge in [-0.25, -0.2) is 13.1 Å². The quantitative estimate of drug-likeness (QED) is 0.800. The predicted molar refractivity (Wildman–Crippen MR) is 81.7 cm³/mol. The minimum atomic E-state index is -3.12. The Balaban J connectivity index is 1.99. The lowest BCUT2D eigenvalue weighted by Gasteiger charge is -2.35. The Morgan fingerprint density at radius 2 is 2.20 bits per heavy atom. The number of nitrogens with two attached hydrogens (primary N) is 1. The molecule has 6 heteroatoms. The largest absolute Gasteiger partial charge is 0.399 e. The fourth-order valence-electron chi connectivity index (χ4n) is 2.67. The van der Waals surface area contributed by atoms with Crippen molar-refractivity contribution >= 4 is 15.7 Å². The molecular formula is C14H23N3O2S. The van der Waals surface area contributed by atoms with Crippen molar-refractivity contribution in [3.8, 4) is 0 Å². The molecule has 0 saturated carbocycles. The molecule has 1 aliphatic heterocycles. The molecule has 112 valence electrons. The number of sulfonamides is 1. The first-order valence-electron chi connectivity index (χ1n) is 6.97. The summed E-state index contributed by atoms with van der Waals surface area (Å²) in [7, 11) is -3.12. The Bertz CT molecular complexity index is 545. The average Bonchev–Trinajstić information content (AvgIpc) is 2.37. The number of piperidine rings is 1. The van der Waals surface area contributed by atoms with Gasteiger partial charge in [0, 0.05) is 24.8 Å². The van der Waals surface area contributed by atoms with E-state index in [0.29, 0.717) is 6.54 Å². The third kappa shape index (κ3) is 4.77. The number of benzene rings is 1. The van der Waals surface area contributed by atoms with Crippen LogP contribution >= 0.6 is 0 Å². The van der Waals surface area contributed by atoms with E-state index in [4.69, 9.17) is 5.73 Å². The standard InChI is InChI=1S/C14H23N3O2S/c1-20(18,19)16-10-14-7-2-3-8-17(14)11-12-5-4-6-13(15)9-12/h4-6,9,14,16H,2-3,7-8,10-11,15H2,1H3. The van der Waals surface area contributed by atoms with Crippen LogP contribution in [0.25, 0.3) is 0 Å². The van der Waals surface area contributed by atoms with Crippen LogP contribution in [-0.4, -0.2) is 38.7 Å². The first-order chi connectivity index (χ1) is 9.44. The highest BCUT2D eigenvalue weighted by atomic mass is 32.2. The third-order valence-corrected chi connectivity index (χ3v) is 4.36. The van der Waals surface area contributed by atoms with E-state index < -0.39 is 10.0 Å². The number of hydrogen-bond donors (Lipinski definition) is 2. The van der Waals surface area contributed by atoms with Crippen molar-refractivity contribution in [1.82, 2.24) is 9.62 Å². The molecule has 1 saturated heterocycles. The van der Waals surface area contributed by atoms with Crippen molar-refractivity contribution in [2.45, 2.75) is 31.8 Å². The Hall–Kier alpha value is -1.11. The fraction of sp³-hybridized carbons (Fsp3) is 0.571. The Morgan fingerprint density at radius 3 is 2.90 bits per heavy atom. The summed E-state index contributed by atoms with van der Waals surface area (Å²) in [6.45, 7) is 2.31. The number of nitrogen functional groups attached to an aromatic ring is 1. The lowest BCUT2D eigenvalue weighted by Crippen LogP contribution is -2.46. The van der Waals surface area contributed by atoms with Crippen molar-refractivity contribution in [3.05, 3.63) is 29.8 Å². The van der Waals surface area contributed by atoms with E-state index in [9.17, 15) is 8.42 Å². The van der Waals surface area contributed by atoms with Crippen LogP contribution in [0.1, 0.15) is 24.8 Å². The summed E-state index contributed by atoms with van der Waals surface area (Å²) in [5, 5.41) is 0. The van der Waals surface area contributed by atoms with Crippen molar-refractivity contribution in [3.63, 3.8) is 0 Å². The number of likely N-dealkylation sites (tertiary alicyclic amines) is 1. The van der Waals surface area contributed by atoms with E-state index in [1.54, 1.807) is 0 Å². The number of anilines is 1. The monoisotopic (exact) mass is 297 g/mol. The first kappa shape index (κ1) is 15.3. The summed E-state index contributed by atoms with van der Waals surface area (Å²) in [5.74, 6) is 0. The number of rotatable bonds is 5. The summed E-state index contributed by atoms with van der Waals surface area (Å²) in [6, 6.07) is 8.14. The molecule has 1 aromatic rings. The number of nitrogens with zero attached hydrogens (tertiary/aromatic N) is 1. The molecule has 1 aliphatic rings. The first-order valence-corrected chi connectivity index (χ1v) is 8.86. The van der Waals surface area contributed by atoms with Gasteiger partial charge in [0.05, 0.1) is 6.26 Å². The van der Waals surface area contributed by atoms with Gasteiger partial charge in [-0.3, -0.25) is 4.90 Å². The normalized spacial score (nSPS) is 20.9. The molecule has 1 aromatic carbocycles. The Labute approximate surface area is 121 Å².